The maximum absolute atomic E-state index is 12.9. The number of benzene rings is 2. The van der Waals surface area contributed by atoms with Crippen molar-refractivity contribution in [2.24, 2.45) is 0 Å². The van der Waals surface area contributed by atoms with Crippen LogP contribution in [0.15, 0.2) is 60.8 Å². The molecule has 0 spiro atoms. The van der Waals surface area contributed by atoms with Crippen LogP contribution in [0, 0.1) is 0 Å². The Morgan fingerprint density at radius 3 is 2.26 bits per heavy atom. The summed E-state index contributed by atoms with van der Waals surface area (Å²) in [6.07, 6.45) is 0.589. The van der Waals surface area contributed by atoms with E-state index in [9.17, 15) is 28.6 Å². The number of aromatic nitrogens is 2. The maximum atomic E-state index is 12.9. The molecule has 43 heavy (non-hydrogen) atoms. The highest BCUT2D eigenvalue weighted by atomic mass is 35.5. The SMILES string of the molecule is CC(C)(C)OC(=O)NC(Cc1ccc(C2=CC(=O)N(C(C)(C)C)S2(O)O)c(Cl)c1)c1ncc(-c2ccccc2)n1C(=O)O. The van der Waals surface area contributed by atoms with E-state index in [4.69, 9.17) is 16.3 Å². The number of nitrogens with zero attached hydrogens (tertiary/aromatic N) is 3. The van der Waals surface area contributed by atoms with Gasteiger partial charge in [0.15, 0.2) is 0 Å². The summed E-state index contributed by atoms with van der Waals surface area (Å²) in [6.45, 7) is 10.2. The van der Waals surface area contributed by atoms with E-state index in [-0.39, 0.29) is 27.7 Å². The summed E-state index contributed by atoms with van der Waals surface area (Å²) in [5.41, 5.74) is 0.110. The molecule has 1 aliphatic rings. The third-order valence-electron chi connectivity index (χ3n) is 6.41. The van der Waals surface area contributed by atoms with Gasteiger partial charge in [-0.3, -0.25) is 13.9 Å². The molecule has 2 aromatic carbocycles. The Labute approximate surface area is 256 Å². The molecule has 4 N–H and O–H groups in total. The van der Waals surface area contributed by atoms with Gasteiger partial charge in [-0.05, 0) is 53.2 Å². The largest absolute Gasteiger partial charge is 0.464 e. The highest BCUT2D eigenvalue weighted by Crippen LogP contribution is 2.63. The van der Waals surface area contributed by atoms with Gasteiger partial charge < -0.3 is 15.2 Å². The summed E-state index contributed by atoms with van der Waals surface area (Å²) < 4.78 is 29.5. The average molecular weight is 631 g/mol. The maximum Gasteiger partial charge on any atom is 0.417 e. The number of carbonyl (C=O) groups is 3. The molecule has 13 heteroatoms. The Morgan fingerprint density at radius 2 is 1.72 bits per heavy atom. The normalized spacial score (nSPS) is 16.4. The number of rotatable bonds is 6. The Morgan fingerprint density at radius 1 is 1.07 bits per heavy atom. The molecule has 230 valence electrons. The number of ether oxygens (including phenoxy) is 1. The number of nitrogens with one attached hydrogen (secondary N) is 1. The number of carboxylic acid groups (broad SMARTS) is 1. The smallest absolute Gasteiger partial charge is 0.417 e. The van der Waals surface area contributed by atoms with Gasteiger partial charge in [0, 0.05) is 23.6 Å². The number of alkyl carbamates (subject to hydrolysis) is 1. The van der Waals surface area contributed by atoms with Crippen molar-refractivity contribution in [1.82, 2.24) is 19.2 Å². The summed E-state index contributed by atoms with van der Waals surface area (Å²) in [5.74, 6) is -0.490. The highest BCUT2D eigenvalue weighted by Gasteiger charge is 2.45. The van der Waals surface area contributed by atoms with Crippen LogP contribution in [0.25, 0.3) is 16.2 Å². The van der Waals surface area contributed by atoms with Crippen molar-refractivity contribution in [3.63, 3.8) is 0 Å². The van der Waals surface area contributed by atoms with E-state index in [2.05, 4.69) is 10.3 Å². The Bertz CT molecular complexity index is 1590. The molecule has 0 radical (unpaired) electrons. The van der Waals surface area contributed by atoms with E-state index < -0.39 is 46.1 Å². The van der Waals surface area contributed by atoms with Crippen molar-refractivity contribution < 1.29 is 33.3 Å². The van der Waals surface area contributed by atoms with Gasteiger partial charge in [0.05, 0.1) is 33.4 Å². The molecule has 3 aromatic rings. The second-order valence-corrected chi connectivity index (χ2v) is 14.3. The molecular weight excluding hydrogens is 596 g/mol. The van der Waals surface area contributed by atoms with Gasteiger partial charge in [0.1, 0.15) is 11.4 Å². The van der Waals surface area contributed by atoms with E-state index in [0.717, 1.165) is 8.87 Å². The molecule has 0 saturated heterocycles. The zero-order valence-electron chi connectivity index (χ0n) is 24.7. The van der Waals surface area contributed by atoms with Crippen molar-refractivity contribution >= 4 is 45.4 Å². The molecule has 11 nitrogen and oxygen atoms in total. The molecule has 1 atom stereocenters. The Kier molecular flexibility index (Phi) is 8.72. The van der Waals surface area contributed by atoms with Crippen molar-refractivity contribution in [1.29, 1.82) is 0 Å². The monoisotopic (exact) mass is 630 g/mol. The van der Waals surface area contributed by atoms with E-state index >= 15 is 0 Å². The van der Waals surface area contributed by atoms with Crippen LogP contribution in [0.1, 0.15) is 64.5 Å². The molecule has 1 aromatic heterocycles. The number of halogens is 1. The van der Waals surface area contributed by atoms with Crippen LogP contribution in [-0.2, 0) is 16.0 Å². The predicted octanol–water partition coefficient (Wildman–Crippen LogP) is 7.19. The van der Waals surface area contributed by atoms with Crippen molar-refractivity contribution in [2.75, 3.05) is 0 Å². The van der Waals surface area contributed by atoms with Gasteiger partial charge in [0.2, 0.25) is 0 Å². The molecule has 0 saturated carbocycles. The van der Waals surface area contributed by atoms with Crippen LogP contribution >= 0.6 is 22.4 Å². The zero-order chi connectivity index (χ0) is 31.9. The first-order chi connectivity index (χ1) is 19.9. The summed E-state index contributed by atoms with van der Waals surface area (Å²) >= 11 is 6.63. The van der Waals surface area contributed by atoms with Crippen molar-refractivity contribution in [3.8, 4) is 11.3 Å². The molecule has 4 rings (SSSR count). The molecule has 0 bridgehead atoms. The van der Waals surface area contributed by atoms with E-state index in [1.54, 1.807) is 84.0 Å². The topological polar surface area (TPSA) is 154 Å². The lowest BCUT2D eigenvalue weighted by atomic mass is 10.0. The fourth-order valence-corrected chi connectivity index (χ4v) is 7.17. The summed E-state index contributed by atoms with van der Waals surface area (Å²) in [7, 11) is -3.65. The van der Waals surface area contributed by atoms with Crippen LogP contribution in [-0.4, -0.2) is 57.3 Å². The predicted molar refractivity (Wildman–Crippen MR) is 166 cm³/mol. The van der Waals surface area contributed by atoms with Gasteiger partial charge in [0.25, 0.3) is 5.91 Å². The Balaban J connectivity index is 1.72. The third kappa shape index (κ3) is 6.88. The van der Waals surface area contributed by atoms with Gasteiger partial charge in [-0.1, -0.05) is 64.8 Å². The number of amides is 2. The van der Waals surface area contributed by atoms with Crippen LogP contribution in [0.2, 0.25) is 5.02 Å². The van der Waals surface area contributed by atoms with Gasteiger partial charge in [-0.15, -0.1) is 0 Å². The van der Waals surface area contributed by atoms with Crippen molar-refractivity contribution in [2.45, 2.75) is 65.1 Å². The standard InChI is InChI=1S/C30H35ClN4O7S/c1-29(2,3)35-25(36)16-24(43(35,40)41)20-13-12-18(14-21(20)31)15-22(33-27(37)42-30(4,5)6)26-32-17-23(34(26)28(38)39)19-10-8-7-9-11-19/h7-14,16-17,22,40-41H,15H2,1-6H3,(H,33,37)(H,38,39). The number of carbonyl (C=O) groups excluding carboxylic acids is 2. The molecule has 1 aliphatic heterocycles. The quantitative estimate of drug-likeness (QED) is 0.223. The van der Waals surface area contributed by atoms with E-state index in [1.165, 1.54) is 12.3 Å². The van der Waals surface area contributed by atoms with Crippen LogP contribution in [0.4, 0.5) is 9.59 Å². The minimum absolute atomic E-state index is 0.00123. The second kappa shape index (κ2) is 11.7. The first-order valence-corrected chi connectivity index (χ1v) is 15.3. The molecule has 1 unspecified atom stereocenters. The zero-order valence-corrected chi connectivity index (χ0v) is 26.2. The second-order valence-electron chi connectivity index (χ2n) is 12.0. The molecule has 2 amide bonds. The van der Waals surface area contributed by atoms with E-state index in [1.807, 2.05) is 6.07 Å². The highest BCUT2D eigenvalue weighted by molar-refractivity contribution is 8.31. The minimum atomic E-state index is -3.65. The lowest BCUT2D eigenvalue weighted by molar-refractivity contribution is -0.124. The molecule has 0 aliphatic carbocycles. The first kappa shape index (κ1) is 32.1. The average Bonchev–Trinajstić information content (AvgIpc) is 3.41. The van der Waals surface area contributed by atoms with E-state index in [0.29, 0.717) is 16.8 Å². The van der Waals surface area contributed by atoms with Gasteiger partial charge >= 0.3 is 12.2 Å². The van der Waals surface area contributed by atoms with Crippen LogP contribution in [0.5, 0.6) is 0 Å². The lowest BCUT2D eigenvalue weighted by Crippen LogP contribution is -2.43. The van der Waals surface area contributed by atoms with Gasteiger partial charge in [-0.25, -0.2) is 23.4 Å². The Hall–Kier alpha value is -3.84. The minimum Gasteiger partial charge on any atom is -0.464 e. The van der Waals surface area contributed by atoms with Crippen LogP contribution in [0.3, 0.4) is 0 Å². The van der Waals surface area contributed by atoms with Gasteiger partial charge in [-0.2, -0.15) is 0 Å². The fraction of sp³-hybridized carbons (Fsp3) is 0.333. The molecular formula is C30H35ClN4O7S. The lowest BCUT2D eigenvalue weighted by Gasteiger charge is -2.46. The first-order valence-electron chi connectivity index (χ1n) is 13.4. The van der Waals surface area contributed by atoms with Crippen LogP contribution < -0.4 is 5.32 Å². The third-order valence-corrected chi connectivity index (χ3v) is 8.88. The fourth-order valence-electron chi connectivity index (χ4n) is 4.81. The molecule has 2 heterocycles. The summed E-state index contributed by atoms with van der Waals surface area (Å²) in [5, 5.41) is 13.0. The molecule has 0 fully saturated rings. The number of imidazole rings is 1. The summed E-state index contributed by atoms with van der Waals surface area (Å²) in [6, 6.07) is 12.7. The summed E-state index contributed by atoms with van der Waals surface area (Å²) in [4.78, 5) is 42.4. The van der Waals surface area contributed by atoms with Crippen molar-refractivity contribution in [3.05, 3.63) is 82.8 Å². The number of hydrogen-bond donors (Lipinski definition) is 4. The number of hydrogen-bond acceptors (Lipinski definition) is 7.